The molecule has 0 atom stereocenters. The van der Waals surface area contributed by atoms with Crippen LogP contribution >= 0.6 is 0 Å². The van der Waals surface area contributed by atoms with Gasteiger partial charge >= 0.3 is 0 Å². The van der Waals surface area contributed by atoms with Crippen LogP contribution in [-0.4, -0.2) is 0 Å². The molecule has 12 heavy (non-hydrogen) atoms. The van der Waals surface area contributed by atoms with Crippen molar-refractivity contribution in [3.05, 3.63) is 35.1 Å². The van der Waals surface area contributed by atoms with Crippen LogP contribution in [0.1, 0.15) is 28.1 Å². The van der Waals surface area contributed by atoms with Gasteiger partial charge in [0, 0.05) is 7.05 Å². The van der Waals surface area contributed by atoms with Gasteiger partial charge in [-0.1, -0.05) is 5.56 Å². The van der Waals surface area contributed by atoms with E-state index in [9.17, 15) is 0 Å². The quantitative estimate of drug-likeness (QED) is 0.407. The number of nitrogens with zero attached hydrogens (tertiary/aromatic N) is 1. The van der Waals surface area contributed by atoms with E-state index in [0.717, 1.165) is 0 Å². The van der Waals surface area contributed by atoms with Crippen molar-refractivity contribution in [2.45, 2.75) is 34.6 Å². The fourth-order valence-electron chi connectivity index (χ4n) is 1.48. The topological polar surface area (TPSA) is 3.88 Å². The molecule has 0 fully saturated rings. The Morgan fingerprint density at radius 3 is 1.42 bits per heavy atom. The number of aromatic nitrogens is 1. The van der Waals surface area contributed by atoms with Gasteiger partial charge in [0.1, 0.15) is 0 Å². The molecule has 66 valence electrons. The Kier molecular flexibility index (Phi) is 2.14. The first-order valence-corrected chi connectivity index (χ1v) is 4.26. The predicted octanol–water partition coefficient (Wildman–Crippen LogP) is 2.16. The molecule has 0 spiro atoms. The molecule has 1 aromatic rings. The maximum absolute atomic E-state index is 4.00. The number of pyridine rings is 1. The van der Waals surface area contributed by atoms with E-state index in [0.29, 0.717) is 0 Å². The molecule has 0 bridgehead atoms. The van der Waals surface area contributed by atoms with E-state index in [-0.39, 0.29) is 0 Å². The van der Waals surface area contributed by atoms with Gasteiger partial charge in [0.05, 0.1) is 11.4 Å². The highest BCUT2D eigenvalue weighted by atomic mass is 14.9. The SMILES string of the molecule is [CH2-][n+]1c(C)c(C)c(C)c(C)c1C. The molecule has 1 heteroatoms. The van der Waals surface area contributed by atoms with Gasteiger partial charge in [-0.25, -0.2) is 0 Å². The summed E-state index contributed by atoms with van der Waals surface area (Å²) in [6, 6.07) is 0. The summed E-state index contributed by atoms with van der Waals surface area (Å²) in [6.07, 6.45) is 0. The summed E-state index contributed by atoms with van der Waals surface area (Å²) in [5.74, 6) is 0. The van der Waals surface area contributed by atoms with Crippen molar-refractivity contribution in [2.24, 2.45) is 0 Å². The highest BCUT2D eigenvalue weighted by molar-refractivity contribution is 5.33. The zero-order chi connectivity index (χ0) is 9.46. The molecular weight excluding hydrogens is 146 g/mol. The molecule has 0 saturated heterocycles. The van der Waals surface area contributed by atoms with E-state index in [1.54, 1.807) is 0 Å². The number of rotatable bonds is 0. The smallest absolute Gasteiger partial charge is 0.0820 e. The van der Waals surface area contributed by atoms with Crippen LogP contribution in [0.5, 0.6) is 0 Å². The first kappa shape index (κ1) is 9.11. The number of hydrogen-bond acceptors (Lipinski definition) is 0. The Labute approximate surface area is 75.1 Å². The van der Waals surface area contributed by atoms with E-state index in [2.05, 4.69) is 41.7 Å². The van der Waals surface area contributed by atoms with Crippen molar-refractivity contribution >= 4 is 0 Å². The Morgan fingerprint density at radius 2 is 1.08 bits per heavy atom. The molecule has 0 radical (unpaired) electrons. The summed E-state index contributed by atoms with van der Waals surface area (Å²) in [5, 5.41) is 0. The summed E-state index contributed by atoms with van der Waals surface area (Å²) in [5.41, 5.74) is 6.62. The summed E-state index contributed by atoms with van der Waals surface area (Å²) in [7, 11) is 4.00. The Morgan fingerprint density at radius 1 is 0.750 bits per heavy atom. The molecule has 1 rings (SSSR count). The minimum Gasteiger partial charge on any atom is -0.334 e. The highest BCUT2D eigenvalue weighted by Gasteiger charge is 2.07. The van der Waals surface area contributed by atoms with Crippen molar-refractivity contribution in [2.75, 3.05) is 0 Å². The highest BCUT2D eigenvalue weighted by Crippen LogP contribution is 2.15. The fraction of sp³-hybridized carbons (Fsp3) is 0.455. The van der Waals surface area contributed by atoms with Gasteiger partial charge in [0.25, 0.3) is 0 Å². The second-order valence-electron chi connectivity index (χ2n) is 3.47. The molecule has 1 aromatic heterocycles. The van der Waals surface area contributed by atoms with Crippen LogP contribution in [0.4, 0.5) is 0 Å². The standard InChI is InChI=1S/C11H17N/c1-7-8(2)10(4)12(6)11(5)9(7)3/h6H2,1-5H3. The molecular formula is C11H17N. The molecule has 1 nitrogen and oxygen atoms in total. The fourth-order valence-corrected chi connectivity index (χ4v) is 1.48. The maximum atomic E-state index is 4.00. The van der Waals surface area contributed by atoms with Crippen LogP contribution in [0.25, 0.3) is 0 Å². The van der Waals surface area contributed by atoms with Crippen LogP contribution < -0.4 is 4.57 Å². The minimum absolute atomic E-state index is 1.26. The van der Waals surface area contributed by atoms with Gasteiger partial charge < -0.3 is 4.57 Å². The molecule has 0 saturated carbocycles. The van der Waals surface area contributed by atoms with E-state index in [1.165, 1.54) is 28.1 Å². The van der Waals surface area contributed by atoms with E-state index < -0.39 is 0 Å². The zero-order valence-electron chi connectivity index (χ0n) is 8.65. The molecule has 0 N–H and O–H groups in total. The summed E-state index contributed by atoms with van der Waals surface area (Å²) in [6.45, 7) is 10.7. The van der Waals surface area contributed by atoms with Crippen LogP contribution in [-0.2, 0) is 0 Å². The summed E-state index contributed by atoms with van der Waals surface area (Å²) < 4.78 is 2.01. The monoisotopic (exact) mass is 163 g/mol. The lowest BCUT2D eigenvalue weighted by atomic mass is 10.0. The van der Waals surface area contributed by atoms with Crippen molar-refractivity contribution in [3.63, 3.8) is 0 Å². The first-order chi connectivity index (χ1) is 5.46. The average molecular weight is 163 g/mol. The van der Waals surface area contributed by atoms with Gasteiger partial charge in [0.15, 0.2) is 0 Å². The first-order valence-electron chi connectivity index (χ1n) is 4.26. The van der Waals surface area contributed by atoms with Gasteiger partial charge in [-0.3, -0.25) is 0 Å². The third-order valence-corrected chi connectivity index (χ3v) is 3.02. The van der Waals surface area contributed by atoms with Crippen LogP contribution in [0, 0.1) is 41.7 Å². The third kappa shape index (κ3) is 1.09. The second kappa shape index (κ2) is 2.81. The van der Waals surface area contributed by atoms with Crippen molar-refractivity contribution < 1.29 is 4.57 Å². The van der Waals surface area contributed by atoms with E-state index >= 15 is 0 Å². The molecule has 0 aliphatic carbocycles. The van der Waals surface area contributed by atoms with Gasteiger partial charge in [0.2, 0.25) is 0 Å². The van der Waals surface area contributed by atoms with Crippen molar-refractivity contribution in [1.82, 2.24) is 0 Å². The average Bonchev–Trinajstić information content (AvgIpc) is 2.08. The van der Waals surface area contributed by atoms with E-state index in [1.807, 2.05) is 4.57 Å². The van der Waals surface area contributed by atoms with Crippen molar-refractivity contribution in [1.29, 1.82) is 0 Å². The van der Waals surface area contributed by atoms with Crippen LogP contribution in [0.15, 0.2) is 0 Å². The van der Waals surface area contributed by atoms with E-state index in [4.69, 9.17) is 0 Å². The molecule has 0 aliphatic rings. The molecule has 1 heterocycles. The molecule has 0 unspecified atom stereocenters. The molecule has 0 aliphatic heterocycles. The Hall–Kier alpha value is -0.980. The molecule has 0 amide bonds. The second-order valence-corrected chi connectivity index (χ2v) is 3.47. The minimum atomic E-state index is 1.26. The summed E-state index contributed by atoms with van der Waals surface area (Å²) >= 11 is 0. The van der Waals surface area contributed by atoms with Gasteiger partial charge in [-0.05, 0) is 45.7 Å². The Balaban J connectivity index is 3.60. The lowest BCUT2D eigenvalue weighted by Gasteiger charge is -2.16. The zero-order valence-corrected chi connectivity index (χ0v) is 8.65. The lowest BCUT2D eigenvalue weighted by Crippen LogP contribution is -2.35. The molecule has 0 aromatic carbocycles. The van der Waals surface area contributed by atoms with Crippen LogP contribution in [0.3, 0.4) is 0 Å². The largest absolute Gasteiger partial charge is 0.334 e. The lowest BCUT2D eigenvalue weighted by molar-refractivity contribution is -0.626. The number of hydrogen-bond donors (Lipinski definition) is 0. The van der Waals surface area contributed by atoms with Gasteiger partial charge in [-0.15, -0.1) is 0 Å². The van der Waals surface area contributed by atoms with Gasteiger partial charge in [-0.2, -0.15) is 0 Å². The van der Waals surface area contributed by atoms with Crippen LogP contribution in [0.2, 0.25) is 0 Å². The maximum Gasteiger partial charge on any atom is 0.0820 e. The van der Waals surface area contributed by atoms with Crippen molar-refractivity contribution in [3.8, 4) is 0 Å². The predicted molar refractivity (Wildman–Crippen MR) is 51.1 cm³/mol. The normalized spacial score (nSPS) is 10.4. The summed E-state index contributed by atoms with van der Waals surface area (Å²) in [4.78, 5) is 0. The third-order valence-electron chi connectivity index (χ3n) is 3.02. The Bertz CT molecular complexity index is 219.